The molecule has 2 atom stereocenters. The Morgan fingerprint density at radius 3 is 2.45 bits per heavy atom. The number of rotatable bonds is 7. The molecule has 0 radical (unpaired) electrons. The van der Waals surface area contributed by atoms with Crippen molar-refractivity contribution < 1.29 is 23.5 Å². The van der Waals surface area contributed by atoms with Crippen LogP contribution in [0.4, 0.5) is 5.69 Å². The minimum Gasteiger partial charge on any atom is -0.497 e. The van der Waals surface area contributed by atoms with Crippen molar-refractivity contribution in [1.82, 2.24) is 4.57 Å². The van der Waals surface area contributed by atoms with E-state index in [1.165, 1.54) is 18.6 Å². The standard InChI is InChI=1S/C25H22N2O6/c1-16(27-20-13-6-7-14-21(20)32-25(27)30)24(29)33-22(17-9-4-3-5-10-17)23(28)26-18-11-8-12-19(15-18)31-2/h3-16,22H,1-2H3,(H,26,28)/t16-,22+/m0/s1. The number of benzene rings is 3. The van der Waals surface area contributed by atoms with Crippen LogP contribution in [-0.4, -0.2) is 23.6 Å². The molecule has 0 bridgehead atoms. The monoisotopic (exact) mass is 446 g/mol. The van der Waals surface area contributed by atoms with Crippen molar-refractivity contribution in [2.24, 2.45) is 0 Å². The zero-order valence-electron chi connectivity index (χ0n) is 18.1. The number of anilines is 1. The molecule has 0 spiro atoms. The smallest absolute Gasteiger partial charge is 0.420 e. The SMILES string of the molecule is COc1cccc(NC(=O)[C@H](OC(=O)[C@H](C)n2c(=O)oc3ccccc32)c2ccccc2)c1. The fourth-order valence-electron chi connectivity index (χ4n) is 3.48. The fraction of sp³-hybridized carbons (Fsp3) is 0.160. The summed E-state index contributed by atoms with van der Waals surface area (Å²) in [6.45, 7) is 1.52. The third kappa shape index (κ3) is 4.64. The highest BCUT2D eigenvalue weighted by Gasteiger charge is 2.30. The van der Waals surface area contributed by atoms with Gasteiger partial charge in [0.2, 0.25) is 6.10 Å². The van der Waals surface area contributed by atoms with E-state index in [0.29, 0.717) is 28.1 Å². The Hall–Kier alpha value is -4.33. The molecule has 33 heavy (non-hydrogen) atoms. The first-order chi connectivity index (χ1) is 16.0. The summed E-state index contributed by atoms with van der Waals surface area (Å²) in [5, 5.41) is 2.75. The van der Waals surface area contributed by atoms with E-state index in [2.05, 4.69) is 5.32 Å². The predicted octanol–water partition coefficient (Wildman–Crippen LogP) is 4.09. The van der Waals surface area contributed by atoms with Gasteiger partial charge >= 0.3 is 11.7 Å². The van der Waals surface area contributed by atoms with Crippen molar-refractivity contribution >= 4 is 28.7 Å². The largest absolute Gasteiger partial charge is 0.497 e. The number of para-hydroxylation sites is 2. The van der Waals surface area contributed by atoms with Crippen LogP contribution in [-0.2, 0) is 14.3 Å². The Morgan fingerprint density at radius 2 is 1.70 bits per heavy atom. The molecule has 0 saturated heterocycles. The minimum absolute atomic E-state index is 0.359. The van der Waals surface area contributed by atoms with Gasteiger partial charge in [0.05, 0.1) is 12.6 Å². The molecule has 3 aromatic carbocycles. The normalized spacial score (nSPS) is 12.7. The second kappa shape index (κ2) is 9.44. The molecule has 8 heteroatoms. The van der Waals surface area contributed by atoms with Gasteiger partial charge in [-0.1, -0.05) is 48.5 Å². The van der Waals surface area contributed by atoms with Crippen LogP contribution >= 0.6 is 0 Å². The molecule has 0 saturated carbocycles. The molecule has 0 unspecified atom stereocenters. The number of oxazole rings is 1. The summed E-state index contributed by atoms with van der Waals surface area (Å²) in [7, 11) is 1.53. The van der Waals surface area contributed by atoms with Crippen molar-refractivity contribution in [2.75, 3.05) is 12.4 Å². The number of fused-ring (bicyclic) bond motifs is 1. The molecule has 1 amide bonds. The third-order valence-corrected chi connectivity index (χ3v) is 5.16. The van der Waals surface area contributed by atoms with Gasteiger partial charge < -0.3 is 19.2 Å². The van der Waals surface area contributed by atoms with Gasteiger partial charge in [-0.15, -0.1) is 0 Å². The summed E-state index contributed by atoms with van der Waals surface area (Å²) in [6.07, 6.45) is -1.23. The topological polar surface area (TPSA) is 99.8 Å². The molecule has 1 heterocycles. The van der Waals surface area contributed by atoms with E-state index in [1.54, 1.807) is 78.9 Å². The first kappa shape index (κ1) is 21.9. The highest BCUT2D eigenvalue weighted by atomic mass is 16.6. The van der Waals surface area contributed by atoms with Crippen LogP contribution in [0, 0.1) is 0 Å². The van der Waals surface area contributed by atoms with Gasteiger partial charge in [0.1, 0.15) is 11.8 Å². The van der Waals surface area contributed by atoms with Crippen LogP contribution in [0.3, 0.4) is 0 Å². The van der Waals surface area contributed by atoms with Gasteiger partial charge in [0.25, 0.3) is 5.91 Å². The van der Waals surface area contributed by atoms with Gasteiger partial charge in [0.15, 0.2) is 5.58 Å². The van der Waals surface area contributed by atoms with Crippen molar-refractivity contribution in [3.05, 3.63) is 95.0 Å². The average Bonchev–Trinajstić information content (AvgIpc) is 3.18. The number of aromatic nitrogens is 1. The zero-order valence-corrected chi connectivity index (χ0v) is 18.1. The maximum atomic E-state index is 13.1. The van der Waals surface area contributed by atoms with Crippen LogP contribution in [0.5, 0.6) is 5.75 Å². The summed E-state index contributed by atoms with van der Waals surface area (Å²) >= 11 is 0. The number of nitrogens with zero attached hydrogens (tertiary/aromatic N) is 1. The predicted molar refractivity (Wildman–Crippen MR) is 122 cm³/mol. The maximum absolute atomic E-state index is 13.1. The summed E-state index contributed by atoms with van der Waals surface area (Å²) in [6, 6.07) is 21.3. The molecule has 0 aliphatic carbocycles. The van der Waals surface area contributed by atoms with E-state index < -0.39 is 29.8 Å². The average molecular weight is 446 g/mol. The summed E-state index contributed by atoms with van der Waals surface area (Å²) in [4.78, 5) is 38.5. The Bertz CT molecular complexity index is 1340. The highest BCUT2D eigenvalue weighted by Crippen LogP contribution is 2.25. The van der Waals surface area contributed by atoms with Gasteiger partial charge in [0, 0.05) is 17.3 Å². The van der Waals surface area contributed by atoms with Crippen molar-refractivity contribution in [1.29, 1.82) is 0 Å². The Morgan fingerprint density at radius 1 is 0.970 bits per heavy atom. The van der Waals surface area contributed by atoms with Crippen LogP contribution in [0.2, 0.25) is 0 Å². The van der Waals surface area contributed by atoms with E-state index in [9.17, 15) is 14.4 Å². The number of carbonyl (C=O) groups excluding carboxylic acids is 2. The molecule has 1 N–H and O–H groups in total. The quantitative estimate of drug-likeness (QED) is 0.429. The third-order valence-electron chi connectivity index (χ3n) is 5.16. The molecule has 0 aliphatic rings. The van der Waals surface area contributed by atoms with E-state index in [0.717, 1.165) is 0 Å². The van der Waals surface area contributed by atoms with Gasteiger partial charge in [-0.3, -0.25) is 9.36 Å². The highest BCUT2D eigenvalue weighted by molar-refractivity contribution is 5.96. The number of amides is 1. The number of ether oxygens (including phenoxy) is 2. The van der Waals surface area contributed by atoms with Crippen LogP contribution in [0.25, 0.3) is 11.1 Å². The number of hydrogen-bond acceptors (Lipinski definition) is 6. The summed E-state index contributed by atoms with van der Waals surface area (Å²) in [5.74, 6) is -1.41. The second-order valence-corrected chi connectivity index (χ2v) is 7.33. The number of nitrogens with one attached hydrogen (secondary N) is 1. The first-order valence-electron chi connectivity index (χ1n) is 10.3. The Balaban J connectivity index is 1.61. The van der Waals surface area contributed by atoms with Gasteiger partial charge in [-0.2, -0.15) is 0 Å². The summed E-state index contributed by atoms with van der Waals surface area (Å²) in [5.41, 5.74) is 1.80. The molecule has 0 fully saturated rings. The number of methoxy groups -OCH3 is 1. The van der Waals surface area contributed by atoms with Crippen molar-refractivity contribution in [3.8, 4) is 5.75 Å². The number of esters is 1. The lowest BCUT2D eigenvalue weighted by Gasteiger charge is -2.20. The lowest BCUT2D eigenvalue weighted by atomic mass is 10.1. The number of carbonyl (C=O) groups is 2. The van der Waals surface area contributed by atoms with Crippen LogP contribution in [0.1, 0.15) is 24.6 Å². The lowest BCUT2D eigenvalue weighted by Crippen LogP contribution is -2.31. The van der Waals surface area contributed by atoms with E-state index in [-0.39, 0.29) is 0 Å². The lowest BCUT2D eigenvalue weighted by molar-refractivity contribution is -0.157. The molecule has 1 aromatic heterocycles. The van der Waals surface area contributed by atoms with Crippen molar-refractivity contribution in [3.63, 3.8) is 0 Å². The first-order valence-corrected chi connectivity index (χ1v) is 10.3. The molecule has 4 rings (SSSR count). The zero-order chi connectivity index (χ0) is 23.4. The van der Waals surface area contributed by atoms with E-state index >= 15 is 0 Å². The summed E-state index contributed by atoms with van der Waals surface area (Å²) < 4.78 is 17.2. The van der Waals surface area contributed by atoms with Crippen LogP contribution < -0.4 is 15.8 Å². The molecule has 4 aromatic rings. The van der Waals surface area contributed by atoms with Gasteiger partial charge in [-0.25, -0.2) is 9.59 Å². The Kier molecular flexibility index (Phi) is 6.26. The second-order valence-electron chi connectivity index (χ2n) is 7.33. The Labute approximate surface area is 189 Å². The molecule has 8 nitrogen and oxygen atoms in total. The molecule has 0 aliphatic heterocycles. The van der Waals surface area contributed by atoms with Crippen molar-refractivity contribution in [2.45, 2.75) is 19.1 Å². The molecule has 168 valence electrons. The van der Waals surface area contributed by atoms with E-state index in [1.807, 2.05) is 0 Å². The fourth-order valence-corrected chi connectivity index (χ4v) is 3.48. The molecular formula is C25H22N2O6. The number of hydrogen-bond donors (Lipinski definition) is 1. The van der Waals surface area contributed by atoms with Crippen LogP contribution in [0.15, 0.2) is 88.1 Å². The molecular weight excluding hydrogens is 424 g/mol. The van der Waals surface area contributed by atoms with E-state index in [4.69, 9.17) is 13.9 Å². The maximum Gasteiger partial charge on any atom is 0.420 e. The minimum atomic E-state index is -1.23. The van der Waals surface area contributed by atoms with Gasteiger partial charge in [-0.05, 0) is 31.2 Å².